The number of para-hydroxylation sites is 1. The van der Waals surface area contributed by atoms with Crippen molar-refractivity contribution < 1.29 is 29.0 Å². The number of methoxy groups -OCH3 is 1. The molecule has 0 spiro atoms. The van der Waals surface area contributed by atoms with Gasteiger partial charge in [0.1, 0.15) is 12.1 Å². The van der Waals surface area contributed by atoms with Crippen LogP contribution in [0.1, 0.15) is 28.3 Å². The lowest BCUT2D eigenvalue weighted by molar-refractivity contribution is -0.151. The van der Waals surface area contributed by atoms with E-state index >= 15 is 0 Å². The van der Waals surface area contributed by atoms with E-state index in [9.17, 15) is 19.5 Å². The third-order valence-electron chi connectivity index (χ3n) is 8.43. The number of benzene rings is 4. The van der Waals surface area contributed by atoms with E-state index in [1.807, 2.05) is 91.0 Å². The molecule has 2 fully saturated rings. The van der Waals surface area contributed by atoms with Crippen molar-refractivity contribution in [3.63, 3.8) is 0 Å². The lowest BCUT2D eigenvalue weighted by atomic mass is 9.76. The van der Waals surface area contributed by atoms with Crippen molar-refractivity contribution in [2.24, 2.45) is 11.8 Å². The fourth-order valence-electron chi connectivity index (χ4n) is 6.43. The van der Waals surface area contributed by atoms with Crippen LogP contribution in [-0.2, 0) is 34.0 Å². The zero-order chi connectivity index (χ0) is 30.0. The molecule has 2 amide bonds. The second kappa shape index (κ2) is 11.7. The number of carbonyl (C=O) groups is 3. The van der Waals surface area contributed by atoms with E-state index < -0.39 is 41.2 Å². The Morgan fingerprint density at radius 3 is 2.02 bits per heavy atom. The van der Waals surface area contributed by atoms with E-state index in [2.05, 4.69) is 5.32 Å². The molecule has 2 saturated heterocycles. The number of imide groups is 1. The number of aliphatic carboxylic acids is 1. The minimum atomic E-state index is -1.74. The highest BCUT2D eigenvalue weighted by Gasteiger charge is 2.68. The highest BCUT2D eigenvalue weighted by atomic mass is 16.5. The summed E-state index contributed by atoms with van der Waals surface area (Å²) < 4.78 is 12.0. The largest absolute Gasteiger partial charge is 0.493 e. The van der Waals surface area contributed by atoms with Gasteiger partial charge in [0.25, 0.3) is 0 Å². The molecule has 2 N–H and O–H groups in total. The molecule has 2 aliphatic rings. The topological polar surface area (TPSA) is 105 Å². The number of hydrogen-bond donors (Lipinski definition) is 2. The molecular formula is C35H32N2O6. The molecule has 0 radical (unpaired) electrons. The number of rotatable bonds is 10. The molecule has 4 unspecified atom stereocenters. The van der Waals surface area contributed by atoms with Crippen molar-refractivity contribution in [1.29, 1.82) is 0 Å². The molecule has 0 saturated carbocycles. The van der Waals surface area contributed by atoms with Crippen LogP contribution in [0.5, 0.6) is 11.5 Å². The Bertz CT molecular complexity index is 1630. The van der Waals surface area contributed by atoms with Crippen LogP contribution in [0.2, 0.25) is 0 Å². The van der Waals surface area contributed by atoms with Crippen LogP contribution in [-0.4, -0.2) is 40.4 Å². The van der Waals surface area contributed by atoms with E-state index in [1.54, 1.807) is 18.2 Å². The highest BCUT2D eigenvalue weighted by molar-refractivity contribution is 6.09. The molecule has 0 aliphatic carbocycles. The zero-order valence-electron chi connectivity index (χ0n) is 23.7. The molecule has 4 aromatic carbocycles. The van der Waals surface area contributed by atoms with Crippen LogP contribution in [0, 0.1) is 11.8 Å². The summed E-state index contributed by atoms with van der Waals surface area (Å²) in [5.41, 5.74) is 1.27. The van der Waals surface area contributed by atoms with E-state index in [4.69, 9.17) is 9.47 Å². The second-order valence-electron chi connectivity index (χ2n) is 11.0. The number of likely N-dealkylation sites (tertiary alicyclic amines) is 1. The molecular weight excluding hydrogens is 544 g/mol. The molecule has 6 rings (SSSR count). The SMILES string of the molecule is COc1cccc(C2NC(Cc3ccccc3)(C(=O)O)C3C(=O)N(Cc4ccccc4)C(=O)C23)c1OCc1ccccc1. The average molecular weight is 577 g/mol. The van der Waals surface area contributed by atoms with Crippen LogP contribution in [0.15, 0.2) is 109 Å². The summed E-state index contributed by atoms with van der Waals surface area (Å²) in [7, 11) is 1.53. The van der Waals surface area contributed by atoms with Gasteiger partial charge in [-0.05, 0) is 22.8 Å². The van der Waals surface area contributed by atoms with Gasteiger partial charge in [-0.2, -0.15) is 0 Å². The van der Waals surface area contributed by atoms with Crippen LogP contribution in [0.3, 0.4) is 0 Å². The number of carbonyl (C=O) groups excluding carboxylic acids is 2. The van der Waals surface area contributed by atoms with E-state index in [0.717, 1.165) is 16.7 Å². The van der Waals surface area contributed by atoms with Gasteiger partial charge < -0.3 is 14.6 Å². The van der Waals surface area contributed by atoms with E-state index in [0.29, 0.717) is 17.1 Å². The van der Waals surface area contributed by atoms with Gasteiger partial charge in [-0.1, -0.05) is 103 Å². The first-order chi connectivity index (χ1) is 20.9. The lowest BCUT2D eigenvalue weighted by Gasteiger charge is -2.31. The maximum Gasteiger partial charge on any atom is 0.325 e. The fraction of sp³-hybridized carbons (Fsp3) is 0.229. The summed E-state index contributed by atoms with van der Waals surface area (Å²) >= 11 is 0. The van der Waals surface area contributed by atoms with Gasteiger partial charge in [-0.25, -0.2) is 0 Å². The zero-order valence-corrected chi connectivity index (χ0v) is 23.7. The Kier molecular flexibility index (Phi) is 7.69. The first-order valence-corrected chi connectivity index (χ1v) is 14.2. The molecule has 2 aliphatic heterocycles. The number of fused-ring (bicyclic) bond motifs is 1. The Morgan fingerprint density at radius 2 is 1.42 bits per heavy atom. The van der Waals surface area contributed by atoms with Gasteiger partial charge in [0.2, 0.25) is 11.8 Å². The summed E-state index contributed by atoms with van der Waals surface area (Å²) in [6, 6.07) is 32.5. The second-order valence-corrected chi connectivity index (χ2v) is 11.0. The Labute approximate surface area is 249 Å². The first kappa shape index (κ1) is 28.2. The van der Waals surface area contributed by atoms with E-state index in [-0.39, 0.29) is 19.6 Å². The number of amides is 2. The standard InChI is InChI=1S/C35H32N2O6/c1-42-27-19-11-18-26(31(27)43-22-25-16-9-4-10-17-25)30-28-29(33(39)37(32(28)38)21-24-14-7-3-8-15-24)35(36-30,34(40)41)20-23-12-5-2-6-13-23/h2-19,28-30,36H,20-22H2,1H3,(H,40,41). The van der Waals surface area contributed by atoms with Crippen molar-refractivity contribution in [3.05, 3.63) is 131 Å². The molecule has 8 heteroatoms. The van der Waals surface area contributed by atoms with Crippen molar-refractivity contribution in [1.82, 2.24) is 10.2 Å². The summed E-state index contributed by atoms with van der Waals surface area (Å²) in [4.78, 5) is 42.8. The Morgan fingerprint density at radius 1 is 0.814 bits per heavy atom. The minimum absolute atomic E-state index is 0.0171. The number of ether oxygens (including phenoxy) is 2. The lowest BCUT2D eigenvalue weighted by Crippen LogP contribution is -2.57. The van der Waals surface area contributed by atoms with Crippen LogP contribution in [0.25, 0.3) is 0 Å². The normalized spacial score (nSPS) is 22.8. The van der Waals surface area contributed by atoms with Crippen LogP contribution < -0.4 is 14.8 Å². The summed E-state index contributed by atoms with van der Waals surface area (Å²) in [6.07, 6.45) is 0.0171. The third kappa shape index (κ3) is 5.15. The maximum atomic E-state index is 14.2. The van der Waals surface area contributed by atoms with Gasteiger partial charge in [0, 0.05) is 18.0 Å². The minimum Gasteiger partial charge on any atom is -0.493 e. The number of hydrogen-bond acceptors (Lipinski definition) is 6. The molecule has 0 aromatic heterocycles. The van der Waals surface area contributed by atoms with Crippen molar-refractivity contribution in [3.8, 4) is 11.5 Å². The van der Waals surface area contributed by atoms with Crippen LogP contribution >= 0.6 is 0 Å². The summed E-state index contributed by atoms with van der Waals surface area (Å²) in [5, 5.41) is 14.1. The molecule has 218 valence electrons. The first-order valence-electron chi connectivity index (χ1n) is 14.2. The smallest absolute Gasteiger partial charge is 0.325 e. The summed E-state index contributed by atoms with van der Waals surface area (Å²) in [5.74, 6) is -3.37. The highest BCUT2D eigenvalue weighted by Crippen LogP contribution is 2.52. The van der Waals surface area contributed by atoms with Crippen molar-refractivity contribution >= 4 is 17.8 Å². The summed E-state index contributed by atoms with van der Waals surface area (Å²) in [6.45, 7) is 0.296. The van der Waals surface area contributed by atoms with E-state index in [1.165, 1.54) is 12.0 Å². The predicted octanol–water partition coefficient (Wildman–Crippen LogP) is 4.79. The van der Waals surface area contributed by atoms with Gasteiger partial charge in [-0.15, -0.1) is 0 Å². The number of nitrogens with zero attached hydrogens (tertiary/aromatic N) is 1. The van der Waals surface area contributed by atoms with Crippen LogP contribution in [0.4, 0.5) is 0 Å². The molecule has 4 aromatic rings. The quantitative estimate of drug-likeness (QED) is 0.262. The van der Waals surface area contributed by atoms with Gasteiger partial charge >= 0.3 is 5.97 Å². The monoisotopic (exact) mass is 576 g/mol. The van der Waals surface area contributed by atoms with Crippen molar-refractivity contribution in [2.45, 2.75) is 31.2 Å². The number of carboxylic acids is 1. The third-order valence-corrected chi connectivity index (χ3v) is 8.43. The predicted molar refractivity (Wildman–Crippen MR) is 159 cm³/mol. The van der Waals surface area contributed by atoms with Gasteiger partial charge in [-0.3, -0.25) is 24.6 Å². The molecule has 0 bridgehead atoms. The van der Waals surface area contributed by atoms with Gasteiger partial charge in [0.05, 0.1) is 25.5 Å². The van der Waals surface area contributed by atoms with Crippen molar-refractivity contribution in [2.75, 3.05) is 7.11 Å². The molecule has 2 heterocycles. The molecule has 4 atom stereocenters. The number of nitrogens with one attached hydrogen (secondary N) is 1. The molecule has 8 nitrogen and oxygen atoms in total. The Balaban J connectivity index is 1.45. The Hall–Kier alpha value is -4.95. The maximum absolute atomic E-state index is 14.2. The number of carboxylic acid groups (broad SMARTS) is 1. The molecule has 43 heavy (non-hydrogen) atoms. The van der Waals surface area contributed by atoms with Gasteiger partial charge in [0.15, 0.2) is 11.5 Å². The average Bonchev–Trinajstić information content (AvgIpc) is 3.51. The fourth-order valence-corrected chi connectivity index (χ4v) is 6.43.